The number of rotatable bonds is 5. The highest BCUT2D eigenvalue weighted by atomic mass is 35.5. The molecule has 0 aliphatic carbocycles. The van der Waals surface area contributed by atoms with Crippen LogP contribution in [0.2, 0.25) is 5.02 Å². The Labute approximate surface area is 179 Å². The molecule has 0 atom stereocenters. The molecule has 0 unspecified atom stereocenters. The van der Waals surface area contributed by atoms with E-state index in [9.17, 15) is 4.79 Å². The van der Waals surface area contributed by atoms with Crippen molar-refractivity contribution in [3.05, 3.63) is 53.3 Å². The van der Waals surface area contributed by atoms with Crippen LogP contribution in [-0.4, -0.2) is 68.3 Å². The summed E-state index contributed by atoms with van der Waals surface area (Å²) in [5.41, 5.74) is 1.87. The number of carbonyl (C=O) groups is 1. The Balaban J connectivity index is 1.32. The third-order valence-corrected chi connectivity index (χ3v) is 5.62. The van der Waals surface area contributed by atoms with E-state index in [4.69, 9.17) is 16.3 Å². The van der Waals surface area contributed by atoms with Crippen LogP contribution in [-0.2, 0) is 4.79 Å². The Bertz CT molecular complexity index is 1010. The van der Waals surface area contributed by atoms with Crippen molar-refractivity contribution in [2.24, 2.45) is 0 Å². The summed E-state index contributed by atoms with van der Waals surface area (Å²) < 4.78 is 7.29. The fourth-order valence-electron chi connectivity index (χ4n) is 3.37. The summed E-state index contributed by atoms with van der Waals surface area (Å²) in [6, 6.07) is 5.56. The molecule has 1 amide bonds. The Morgan fingerprint density at radius 1 is 1.03 bits per heavy atom. The molecule has 0 saturated carbocycles. The van der Waals surface area contributed by atoms with E-state index in [1.807, 2.05) is 36.9 Å². The number of hydrogen-bond acceptors (Lipinski definition) is 7. The van der Waals surface area contributed by atoms with Gasteiger partial charge in [0.25, 0.3) is 5.91 Å². The van der Waals surface area contributed by atoms with Gasteiger partial charge in [0, 0.05) is 37.3 Å². The third kappa shape index (κ3) is 4.35. The van der Waals surface area contributed by atoms with Crippen LogP contribution in [0.5, 0.6) is 5.75 Å². The van der Waals surface area contributed by atoms with Crippen LogP contribution in [0.25, 0.3) is 5.82 Å². The first kappa shape index (κ1) is 20.1. The summed E-state index contributed by atoms with van der Waals surface area (Å²) in [7, 11) is 0. The molecule has 156 valence electrons. The van der Waals surface area contributed by atoms with Crippen molar-refractivity contribution >= 4 is 23.3 Å². The van der Waals surface area contributed by atoms with E-state index in [0.717, 1.165) is 22.0 Å². The number of carbonyl (C=O) groups excluding carboxylic acids is 1. The largest absolute Gasteiger partial charge is 0.484 e. The van der Waals surface area contributed by atoms with Gasteiger partial charge in [-0.05, 0) is 37.1 Å². The van der Waals surface area contributed by atoms with E-state index in [0.29, 0.717) is 37.7 Å². The van der Waals surface area contributed by atoms with E-state index in [2.05, 4.69) is 25.0 Å². The number of benzene rings is 1. The quantitative estimate of drug-likeness (QED) is 0.615. The van der Waals surface area contributed by atoms with Gasteiger partial charge in [0.15, 0.2) is 12.4 Å². The van der Waals surface area contributed by atoms with Gasteiger partial charge in [-0.3, -0.25) is 4.79 Å². The first-order valence-electron chi connectivity index (χ1n) is 9.60. The summed E-state index contributed by atoms with van der Waals surface area (Å²) in [5, 5.41) is 4.82. The average Bonchev–Trinajstić information content (AvgIpc) is 3.31. The molecule has 4 rings (SSSR count). The van der Waals surface area contributed by atoms with Crippen LogP contribution < -0.4 is 9.64 Å². The molecule has 10 heteroatoms. The van der Waals surface area contributed by atoms with Gasteiger partial charge in [-0.15, -0.1) is 0 Å². The molecule has 2 aromatic heterocycles. The minimum absolute atomic E-state index is 0.00443. The highest BCUT2D eigenvalue weighted by Crippen LogP contribution is 2.26. The Hall–Kier alpha value is -3.20. The highest BCUT2D eigenvalue weighted by molar-refractivity contribution is 6.32. The lowest BCUT2D eigenvalue weighted by Crippen LogP contribution is -2.50. The lowest BCUT2D eigenvalue weighted by molar-refractivity contribution is -0.133. The number of aromatic nitrogens is 5. The number of aryl methyl sites for hydroxylation is 2. The maximum atomic E-state index is 12.6. The monoisotopic (exact) mass is 427 g/mol. The van der Waals surface area contributed by atoms with E-state index < -0.39 is 0 Å². The average molecular weight is 428 g/mol. The number of piperazine rings is 1. The van der Waals surface area contributed by atoms with Gasteiger partial charge in [-0.2, -0.15) is 5.10 Å². The SMILES string of the molecule is Cc1cc(OCC(=O)N2CCN(c3cc(-n4cncn4)ncn3)CC2)cc(C)c1Cl. The van der Waals surface area contributed by atoms with Crippen molar-refractivity contribution < 1.29 is 9.53 Å². The molecular weight excluding hydrogens is 406 g/mol. The van der Waals surface area contributed by atoms with Gasteiger partial charge < -0.3 is 14.5 Å². The fraction of sp³-hybridized carbons (Fsp3) is 0.350. The molecule has 0 bridgehead atoms. The molecule has 1 saturated heterocycles. The molecule has 30 heavy (non-hydrogen) atoms. The van der Waals surface area contributed by atoms with Crippen molar-refractivity contribution in [2.45, 2.75) is 13.8 Å². The summed E-state index contributed by atoms with van der Waals surface area (Å²) in [4.78, 5) is 29.0. The number of halogens is 1. The minimum atomic E-state index is -0.0362. The zero-order valence-corrected chi connectivity index (χ0v) is 17.6. The smallest absolute Gasteiger partial charge is 0.260 e. The molecule has 1 fully saturated rings. The van der Waals surface area contributed by atoms with Gasteiger partial charge in [0.2, 0.25) is 0 Å². The van der Waals surface area contributed by atoms with Crippen LogP contribution in [0.1, 0.15) is 11.1 Å². The molecule has 1 aliphatic rings. The third-order valence-electron chi connectivity index (χ3n) is 5.02. The second kappa shape index (κ2) is 8.66. The van der Waals surface area contributed by atoms with Crippen molar-refractivity contribution in [3.8, 4) is 11.6 Å². The lowest BCUT2D eigenvalue weighted by Gasteiger charge is -2.35. The van der Waals surface area contributed by atoms with Crippen molar-refractivity contribution in [3.63, 3.8) is 0 Å². The standard InChI is InChI=1S/C20H22ClN7O2/c1-14-7-16(8-15(2)20(14)21)30-10-19(29)27-5-3-26(4-6-27)17-9-18(24-12-23-17)28-13-22-11-25-28/h7-9,11-13H,3-6,10H2,1-2H3. The molecule has 3 aromatic rings. The number of amides is 1. The summed E-state index contributed by atoms with van der Waals surface area (Å²) in [6.07, 6.45) is 4.56. The first-order chi connectivity index (χ1) is 14.5. The maximum absolute atomic E-state index is 12.6. The van der Waals surface area contributed by atoms with Gasteiger partial charge in [0.1, 0.15) is 30.5 Å². The molecule has 0 N–H and O–H groups in total. The molecule has 1 aromatic carbocycles. The normalized spacial score (nSPS) is 14.1. The van der Waals surface area contributed by atoms with Crippen molar-refractivity contribution in [1.29, 1.82) is 0 Å². The molecule has 3 heterocycles. The Kier molecular flexibility index (Phi) is 5.80. The van der Waals surface area contributed by atoms with Crippen molar-refractivity contribution in [1.82, 2.24) is 29.6 Å². The van der Waals surface area contributed by atoms with Crippen LogP contribution in [0, 0.1) is 13.8 Å². The summed E-state index contributed by atoms with van der Waals surface area (Å²) in [6.45, 7) is 6.41. The Morgan fingerprint density at radius 2 is 1.73 bits per heavy atom. The molecule has 0 spiro atoms. The summed E-state index contributed by atoms with van der Waals surface area (Å²) >= 11 is 6.18. The van der Waals surface area contributed by atoms with Gasteiger partial charge in [0.05, 0.1) is 0 Å². The molecule has 9 nitrogen and oxygen atoms in total. The lowest BCUT2D eigenvalue weighted by atomic mass is 10.1. The maximum Gasteiger partial charge on any atom is 0.260 e. The molecule has 0 radical (unpaired) electrons. The number of anilines is 1. The van der Waals surface area contributed by atoms with Gasteiger partial charge >= 0.3 is 0 Å². The van der Waals surface area contributed by atoms with Crippen molar-refractivity contribution in [2.75, 3.05) is 37.7 Å². The minimum Gasteiger partial charge on any atom is -0.484 e. The van der Waals surface area contributed by atoms with E-state index in [-0.39, 0.29) is 12.5 Å². The van der Waals surface area contributed by atoms with Crippen LogP contribution in [0.3, 0.4) is 0 Å². The number of hydrogen-bond donors (Lipinski definition) is 0. The van der Waals surface area contributed by atoms with E-state index in [1.54, 1.807) is 11.0 Å². The van der Waals surface area contributed by atoms with E-state index in [1.165, 1.54) is 12.7 Å². The van der Waals surface area contributed by atoms with Gasteiger partial charge in [-0.1, -0.05) is 11.6 Å². The zero-order chi connectivity index (χ0) is 21.1. The molecule has 1 aliphatic heterocycles. The van der Waals surface area contributed by atoms with Crippen LogP contribution in [0.15, 0.2) is 37.2 Å². The fourth-order valence-corrected chi connectivity index (χ4v) is 3.48. The number of ether oxygens (including phenoxy) is 1. The second-order valence-corrected chi connectivity index (χ2v) is 7.48. The highest BCUT2D eigenvalue weighted by Gasteiger charge is 2.22. The first-order valence-corrected chi connectivity index (χ1v) is 9.98. The van der Waals surface area contributed by atoms with E-state index >= 15 is 0 Å². The van der Waals surface area contributed by atoms with Crippen LogP contribution in [0.4, 0.5) is 5.82 Å². The second-order valence-electron chi connectivity index (χ2n) is 7.10. The predicted octanol–water partition coefficient (Wildman–Crippen LogP) is 2.06. The van der Waals surface area contributed by atoms with Crippen LogP contribution >= 0.6 is 11.6 Å². The number of nitrogens with zero attached hydrogens (tertiary/aromatic N) is 7. The Morgan fingerprint density at radius 3 is 2.40 bits per heavy atom. The summed E-state index contributed by atoms with van der Waals surface area (Å²) in [5.74, 6) is 2.07. The zero-order valence-electron chi connectivity index (χ0n) is 16.8. The topological polar surface area (TPSA) is 89.3 Å². The van der Waals surface area contributed by atoms with Gasteiger partial charge in [-0.25, -0.2) is 19.6 Å². The predicted molar refractivity (Wildman–Crippen MR) is 112 cm³/mol. The molecular formula is C20H22ClN7O2.